The fourth-order valence-corrected chi connectivity index (χ4v) is 3.44. The van der Waals surface area contributed by atoms with E-state index in [-0.39, 0.29) is 23.1 Å². The highest BCUT2D eigenvalue weighted by atomic mass is 16.2. The molecule has 1 saturated heterocycles. The van der Waals surface area contributed by atoms with Gasteiger partial charge in [0.05, 0.1) is 0 Å². The molecule has 0 bridgehead atoms. The highest BCUT2D eigenvalue weighted by Crippen LogP contribution is 2.40. The average molecular weight is 301 g/mol. The Morgan fingerprint density at radius 1 is 1.41 bits per heavy atom. The number of nitrogens with one attached hydrogen (secondary N) is 1. The van der Waals surface area contributed by atoms with Gasteiger partial charge in [0.15, 0.2) is 5.65 Å². The van der Waals surface area contributed by atoms with E-state index in [1.54, 1.807) is 11.0 Å². The van der Waals surface area contributed by atoms with E-state index in [1.165, 1.54) is 23.6 Å². The fraction of sp³-hybridized carbons (Fsp3) is 0.533. The van der Waals surface area contributed by atoms with Crippen LogP contribution >= 0.6 is 0 Å². The maximum absolute atomic E-state index is 12.7. The minimum Gasteiger partial charge on any atom is -0.337 e. The summed E-state index contributed by atoms with van der Waals surface area (Å²) in [7, 11) is 0. The number of amides is 1. The maximum atomic E-state index is 12.7. The molecule has 7 nitrogen and oxygen atoms in total. The van der Waals surface area contributed by atoms with Gasteiger partial charge in [-0.2, -0.15) is 0 Å². The molecule has 1 amide bonds. The third kappa shape index (κ3) is 2.04. The molecule has 0 radical (unpaired) electrons. The summed E-state index contributed by atoms with van der Waals surface area (Å²) in [6.45, 7) is 3.01. The molecule has 2 unspecified atom stereocenters. The van der Waals surface area contributed by atoms with Crippen LogP contribution in [-0.2, 0) is 0 Å². The first-order chi connectivity index (χ1) is 10.5. The maximum Gasteiger partial charge on any atom is 0.285 e. The number of H-pyrrole nitrogens is 1. The number of hydrogen-bond acceptors (Lipinski definition) is 4. The van der Waals surface area contributed by atoms with E-state index in [0.29, 0.717) is 30.6 Å². The van der Waals surface area contributed by atoms with Crippen LogP contribution in [0.15, 0.2) is 17.1 Å². The Kier molecular flexibility index (Phi) is 2.87. The topological polar surface area (TPSA) is 96.5 Å². The second-order valence-electron chi connectivity index (χ2n) is 6.49. The monoisotopic (exact) mass is 301 g/mol. The summed E-state index contributed by atoms with van der Waals surface area (Å²) in [5.41, 5.74) is 7.25. The van der Waals surface area contributed by atoms with Crippen LogP contribution in [0.3, 0.4) is 0 Å². The van der Waals surface area contributed by atoms with Crippen LogP contribution < -0.4 is 11.3 Å². The minimum atomic E-state index is -0.355. The Balaban J connectivity index is 1.65. The Bertz CT molecular complexity index is 804. The van der Waals surface area contributed by atoms with Crippen molar-refractivity contribution in [2.75, 3.05) is 13.1 Å². The number of carbonyl (C=O) groups excluding carboxylic acids is 1. The first-order valence-electron chi connectivity index (χ1n) is 7.67. The van der Waals surface area contributed by atoms with Gasteiger partial charge < -0.3 is 10.6 Å². The number of nitrogens with two attached hydrogens (primary N) is 1. The first kappa shape index (κ1) is 13.5. The molecule has 2 atom stereocenters. The highest BCUT2D eigenvalue weighted by molar-refractivity contribution is 5.94. The lowest BCUT2D eigenvalue weighted by Gasteiger charge is -2.15. The molecule has 2 aliphatic rings. The molecule has 1 saturated carbocycles. The lowest BCUT2D eigenvalue weighted by Crippen LogP contribution is -2.36. The van der Waals surface area contributed by atoms with E-state index in [9.17, 15) is 9.59 Å². The van der Waals surface area contributed by atoms with Gasteiger partial charge in [-0.1, -0.05) is 0 Å². The van der Waals surface area contributed by atoms with Crippen molar-refractivity contribution in [1.29, 1.82) is 0 Å². The van der Waals surface area contributed by atoms with Crippen LogP contribution in [0.4, 0.5) is 0 Å². The predicted octanol–water partition coefficient (Wildman–Crippen LogP) is 0.140. The van der Waals surface area contributed by atoms with E-state index in [4.69, 9.17) is 5.73 Å². The molecule has 116 valence electrons. The molecule has 2 fully saturated rings. The van der Waals surface area contributed by atoms with Crippen LogP contribution in [0.1, 0.15) is 28.9 Å². The number of carbonyl (C=O) groups is 1. The summed E-state index contributed by atoms with van der Waals surface area (Å²) < 4.78 is 1.32. The van der Waals surface area contributed by atoms with Gasteiger partial charge in [0, 0.05) is 37.1 Å². The molecule has 0 spiro atoms. The highest BCUT2D eigenvalue weighted by Gasteiger charge is 2.42. The second-order valence-corrected chi connectivity index (χ2v) is 6.49. The van der Waals surface area contributed by atoms with Gasteiger partial charge in [0.1, 0.15) is 5.56 Å². The van der Waals surface area contributed by atoms with Crippen molar-refractivity contribution in [3.8, 4) is 0 Å². The third-order valence-electron chi connectivity index (χ3n) is 4.78. The summed E-state index contributed by atoms with van der Waals surface area (Å²) >= 11 is 0. The Labute approximate surface area is 127 Å². The summed E-state index contributed by atoms with van der Waals surface area (Å²) in [6, 6.07) is 1.79. The zero-order valence-corrected chi connectivity index (χ0v) is 12.5. The largest absolute Gasteiger partial charge is 0.337 e. The van der Waals surface area contributed by atoms with E-state index in [0.717, 1.165) is 5.69 Å². The number of rotatable bonds is 2. The number of hydrogen-bond donors (Lipinski definition) is 2. The van der Waals surface area contributed by atoms with Gasteiger partial charge in [-0.25, -0.2) is 9.50 Å². The van der Waals surface area contributed by atoms with Gasteiger partial charge in [0.2, 0.25) is 0 Å². The van der Waals surface area contributed by atoms with Crippen LogP contribution in [0, 0.1) is 18.8 Å². The van der Waals surface area contributed by atoms with Crippen molar-refractivity contribution in [2.24, 2.45) is 17.6 Å². The Hall–Kier alpha value is -2.15. The number of nitrogens with zero attached hydrogens (tertiary/aromatic N) is 3. The first-order valence-corrected chi connectivity index (χ1v) is 7.67. The molecule has 3 N–H and O–H groups in total. The van der Waals surface area contributed by atoms with Crippen molar-refractivity contribution >= 4 is 11.6 Å². The van der Waals surface area contributed by atoms with Crippen molar-refractivity contribution < 1.29 is 4.79 Å². The molecule has 2 aromatic heterocycles. The van der Waals surface area contributed by atoms with Crippen molar-refractivity contribution in [2.45, 2.75) is 25.8 Å². The normalized spacial score (nSPS) is 25.1. The summed E-state index contributed by atoms with van der Waals surface area (Å²) in [6.07, 6.45) is 3.79. The van der Waals surface area contributed by atoms with Crippen LogP contribution in [-0.4, -0.2) is 44.5 Å². The van der Waals surface area contributed by atoms with Crippen molar-refractivity contribution in [3.63, 3.8) is 0 Å². The molecule has 4 rings (SSSR count). The SMILES string of the molecule is Cc1cc2ncc(C(=O)N3CC(N)C(C4CC4)C3)c(=O)n2[nH]1. The standard InChI is InChI=1S/C15H19N5O2/c1-8-4-13-17-5-10(15(22)20(13)18-8)14(21)19-6-11(9-2-3-9)12(16)7-19/h4-5,9,11-12,18H,2-3,6-7,16H2,1H3. The molecule has 0 aromatic carbocycles. The van der Waals surface area contributed by atoms with E-state index in [1.807, 2.05) is 6.92 Å². The second kappa shape index (κ2) is 4.67. The van der Waals surface area contributed by atoms with Gasteiger partial charge >= 0.3 is 0 Å². The van der Waals surface area contributed by atoms with Crippen LogP contribution in [0.25, 0.3) is 5.65 Å². The summed E-state index contributed by atoms with van der Waals surface area (Å²) in [5.74, 6) is 0.759. The number of aromatic nitrogens is 3. The molecular weight excluding hydrogens is 282 g/mol. The van der Waals surface area contributed by atoms with E-state index < -0.39 is 0 Å². The average Bonchev–Trinajstić information content (AvgIpc) is 3.14. The molecule has 7 heteroatoms. The van der Waals surface area contributed by atoms with E-state index in [2.05, 4.69) is 10.1 Å². The molecule has 22 heavy (non-hydrogen) atoms. The van der Waals surface area contributed by atoms with Crippen molar-refractivity contribution in [1.82, 2.24) is 19.5 Å². The Morgan fingerprint density at radius 2 is 2.18 bits per heavy atom. The van der Waals surface area contributed by atoms with Gasteiger partial charge in [-0.15, -0.1) is 0 Å². The quantitative estimate of drug-likeness (QED) is 0.824. The Morgan fingerprint density at radius 3 is 2.91 bits per heavy atom. The molecule has 1 aliphatic carbocycles. The van der Waals surface area contributed by atoms with Crippen molar-refractivity contribution in [3.05, 3.63) is 33.9 Å². The van der Waals surface area contributed by atoms with Crippen LogP contribution in [0.2, 0.25) is 0 Å². The molecule has 2 aromatic rings. The zero-order chi connectivity index (χ0) is 15.4. The lowest BCUT2D eigenvalue weighted by molar-refractivity contribution is 0.0782. The minimum absolute atomic E-state index is 0.0172. The fourth-order valence-electron chi connectivity index (χ4n) is 3.44. The van der Waals surface area contributed by atoms with Crippen LogP contribution in [0.5, 0.6) is 0 Å². The molecule has 1 aliphatic heterocycles. The smallest absolute Gasteiger partial charge is 0.285 e. The lowest BCUT2D eigenvalue weighted by atomic mass is 9.99. The molecule has 3 heterocycles. The number of aromatic amines is 1. The summed E-state index contributed by atoms with van der Waals surface area (Å²) in [5, 5.41) is 2.90. The predicted molar refractivity (Wildman–Crippen MR) is 80.6 cm³/mol. The molecular formula is C15H19N5O2. The number of aryl methyl sites for hydroxylation is 1. The van der Waals surface area contributed by atoms with Gasteiger partial charge in [-0.05, 0) is 31.6 Å². The van der Waals surface area contributed by atoms with Gasteiger partial charge in [-0.3, -0.25) is 14.7 Å². The third-order valence-corrected chi connectivity index (χ3v) is 4.78. The number of likely N-dealkylation sites (tertiary alicyclic amines) is 1. The van der Waals surface area contributed by atoms with Gasteiger partial charge in [0.25, 0.3) is 11.5 Å². The number of fused-ring (bicyclic) bond motifs is 1. The zero-order valence-electron chi connectivity index (χ0n) is 12.5. The summed E-state index contributed by atoms with van der Waals surface area (Å²) in [4.78, 5) is 31.0. The van der Waals surface area contributed by atoms with E-state index >= 15 is 0 Å².